The molecule has 0 bridgehead atoms. The maximum Gasteiger partial charge on any atom is 0.224 e. The third kappa shape index (κ3) is 2.83. The lowest BCUT2D eigenvalue weighted by molar-refractivity contribution is 0.356. The van der Waals surface area contributed by atoms with Gasteiger partial charge >= 0.3 is 0 Å². The second kappa shape index (κ2) is 6.10. The fraction of sp³-hybridized carbons (Fsp3) is 0.375. The van der Waals surface area contributed by atoms with Crippen molar-refractivity contribution in [1.82, 2.24) is 15.3 Å². The lowest BCUT2D eigenvalue weighted by atomic mass is 10.1. The number of rotatable bonds is 5. The summed E-state index contributed by atoms with van der Waals surface area (Å²) >= 11 is 0. The molecule has 1 aromatic heterocycles. The zero-order chi connectivity index (χ0) is 14.7. The summed E-state index contributed by atoms with van der Waals surface area (Å²) in [5, 5.41) is 3.55. The van der Waals surface area contributed by atoms with E-state index in [9.17, 15) is 0 Å². The van der Waals surface area contributed by atoms with Crippen LogP contribution >= 0.6 is 0 Å². The molecule has 5 nitrogen and oxygen atoms in total. The average Bonchev–Trinajstić information content (AvgIpc) is 2.95. The first-order chi connectivity index (χ1) is 10.3. The molecule has 0 radical (unpaired) electrons. The van der Waals surface area contributed by atoms with Gasteiger partial charge in [-0.3, -0.25) is 0 Å². The molecule has 1 N–H and O–H groups in total. The van der Waals surface area contributed by atoms with E-state index in [-0.39, 0.29) is 0 Å². The molecule has 0 aliphatic heterocycles. The normalized spacial score (nSPS) is 14.0. The van der Waals surface area contributed by atoms with Crippen molar-refractivity contribution in [2.75, 3.05) is 14.2 Å². The number of fused-ring (bicyclic) bond motifs is 1. The molecule has 1 aromatic carbocycles. The van der Waals surface area contributed by atoms with Gasteiger partial charge in [0.25, 0.3) is 0 Å². The summed E-state index contributed by atoms with van der Waals surface area (Å²) in [5.41, 5.74) is 3.72. The fourth-order valence-electron chi connectivity index (χ4n) is 2.83. The highest BCUT2D eigenvalue weighted by molar-refractivity contribution is 5.36. The first-order valence-electron chi connectivity index (χ1n) is 7.04. The summed E-state index contributed by atoms with van der Waals surface area (Å²) in [7, 11) is 3.22. The van der Waals surface area contributed by atoms with Crippen molar-refractivity contribution in [2.24, 2.45) is 0 Å². The third-order valence-corrected chi connectivity index (χ3v) is 3.87. The van der Waals surface area contributed by atoms with E-state index in [0.29, 0.717) is 24.3 Å². The average molecular weight is 285 g/mol. The van der Waals surface area contributed by atoms with Crippen molar-refractivity contribution in [1.29, 1.82) is 0 Å². The minimum absolute atomic E-state index is 0.428. The molecule has 1 aliphatic rings. The zero-order valence-electron chi connectivity index (χ0n) is 12.3. The Morgan fingerprint density at radius 1 is 1.05 bits per heavy atom. The van der Waals surface area contributed by atoms with Crippen molar-refractivity contribution < 1.29 is 9.47 Å². The molecule has 21 heavy (non-hydrogen) atoms. The third-order valence-electron chi connectivity index (χ3n) is 3.87. The van der Waals surface area contributed by atoms with E-state index in [2.05, 4.69) is 39.6 Å². The van der Waals surface area contributed by atoms with Crippen molar-refractivity contribution in [3.8, 4) is 11.8 Å². The molecule has 0 unspecified atom stereocenters. The summed E-state index contributed by atoms with van der Waals surface area (Å²) in [6.45, 7) is 0.631. The topological polar surface area (TPSA) is 56.3 Å². The number of ether oxygens (including phenoxy) is 2. The van der Waals surface area contributed by atoms with Crippen LogP contribution in [0.1, 0.15) is 16.7 Å². The maximum atomic E-state index is 5.29. The van der Waals surface area contributed by atoms with Crippen LogP contribution in [0.5, 0.6) is 11.8 Å². The smallest absolute Gasteiger partial charge is 0.224 e. The fourth-order valence-corrected chi connectivity index (χ4v) is 2.83. The van der Waals surface area contributed by atoms with Gasteiger partial charge in [0.2, 0.25) is 11.8 Å². The molecule has 0 spiro atoms. The van der Waals surface area contributed by atoms with E-state index in [4.69, 9.17) is 9.47 Å². The summed E-state index contributed by atoms with van der Waals surface area (Å²) in [6, 6.07) is 9.02. The van der Waals surface area contributed by atoms with E-state index in [1.165, 1.54) is 17.5 Å². The van der Waals surface area contributed by atoms with Gasteiger partial charge in [-0.2, -0.15) is 0 Å². The first kappa shape index (κ1) is 13.8. The van der Waals surface area contributed by atoms with Gasteiger partial charge in [-0.1, -0.05) is 24.3 Å². The van der Waals surface area contributed by atoms with Crippen molar-refractivity contribution in [3.63, 3.8) is 0 Å². The lowest BCUT2D eigenvalue weighted by Gasteiger charge is -2.15. The Morgan fingerprint density at radius 2 is 1.62 bits per heavy atom. The Labute approximate surface area is 124 Å². The van der Waals surface area contributed by atoms with Crippen LogP contribution in [-0.4, -0.2) is 30.2 Å². The summed E-state index contributed by atoms with van der Waals surface area (Å²) < 4.78 is 10.6. The van der Waals surface area contributed by atoms with E-state index in [1.807, 2.05) is 0 Å². The van der Waals surface area contributed by atoms with Gasteiger partial charge in [0.1, 0.15) is 6.33 Å². The zero-order valence-corrected chi connectivity index (χ0v) is 12.3. The van der Waals surface area contributed by atoms with Crippen molar-refractivity contribution >= 4 is 0 Å². The molecule has 3 rings (SSSR count). The molecule has 0 saturated carbocycles. The van der Waals surface area contributed by atoms with E-state index in [1.54, 1.807) is 14.2 Å². The SMILES string of the molecule is COc1ncnc(OC)c1CNC1Cc2ccccc2C1. The number of hydrogen-bond acceptors (Lipinski definition) is 5. The second-order valence-electron chi connectivity index (χ2n) is 5.13. The minimum Gasteiger partial charge on any atom is -0.481 e. The summed E-state index contributed by atoms with van der Waals surface area (Å²) in [6.07, 6.45) is 3.55. The van der Waals surface area contributed by atoms with Crippen LogP contribution in [0.2, 0.25) is 0 Å². The van der Waals surface area contributed by atoms with Gasteiger partial charge < -0.3 is 14.8 Å². The van der Waals surface area contributed by atoms with Crippen LogP contribution in [0.4, 0.5) is 0 Å². The van der Waals surface area contributed by atoms with Crippen LogP contribution < -0.4 is 14.8 Å². The number of nitrogens with one attached hydrogen (secondary N) is 1. The van der Waals surface area contributed by atoms with Gasteiger partial charge in [-0.05, 0) is 24.0 Å². The Morgan fingerprint density at radius 3 is 2.14 bits per heavy atom. The van der Waals surface area contributed by atoms with Crippen LogP contribution in [0, 0.1) is 0 Å². The molecule has 1 aliphatic carbocycles. The maximum absolute atomic E-state index is 5.29. The first-order valence-corrected chi connectivity index (χ1v) is 7.04. The van der Waals surface area contributed by atoms with Gasteiger partial charge in [0.15, 0.2) is 0 Å². The van der Waals surface area contributed by atoms with Crippen molar-refractivity contribution in [3.05, 3.63) is 47.3 Å². The number of hydrogen-bond donors (Lipinski definition) is 1. The largest absolute Gasteiger partial charge is 0.481 e. The molecular weight excluding hydrogens is 266 g/mol. The highest BCUT2D eigenvalue weighted by Crippen LogP contribution is 2.25. The van der Waals surface area contributed by atoms with E-state index >= 15 is 0 Å². The van der Waals surface area contributed by atoms with E-state index < -0.39 is 0 Å². The molecule has 5 heteroatoms. The molecule has 0 atom stereocenters. The molecule has 0 amide bonds. The molecular formula is C16H19N3O2. The van der Waals surface area contributed by atoms with E-state index in [0.717, 1.165) is 18.4 Å². The van der Waals surface area contributed by atoms with Crippen molar-refractivity contribution in [2.45, 2.75) is 25.4 Å². The highest BCUT2D eigenvalue weighted by Gasteiger charge is 2.22. The van der Waals surface area contributed by atoms with Gasteiger partial charge in [-0.15, -0.1) is 0 Å². The molecule has 0 fully saturated rings. The Kier molecular flexibility index (Phi) is 4.01. The lowest BCUT2D eigenvalue weighted by Crippen LogP contribution is -2.29. The number of aromatic nitrogens is 2. The standard InChI is InChI=1S/C16H19N3O2/c1-20-15-14(16(21-2)19-10-18-15)9-17-13-7-11-5-3-4-6-12(11)8-13/h3-6,10,13,17H,7-9H2,1-2H3. The van der Waals surface area contributed by atoms with Gasteiger partial charge in [0, 0.05) is 12.6 Å². The van der Waals surface area contributed by atoms with Crippen LogP contribution in [0.25, 0.3) is 0 Å². The number of benzene rings is 1. The summed E-state index contributed by atoms with van der Waals surface area (Å²) in [4.78, 5) is 8.27. The highest BCUT2D eigenvalue weighted by atomic mass is 16.5. The molecule has 1 heterocycles. The Hall–Kier alpha value is -2.14. The van der Waals surface area contributed by atoms with Crippen LogP contribution in [0.15, 0.2) is 30.6 Å². The monoisotopic (exact) mass is 285 g/mol. The van der Waals surface area contributed by atoms with Crippen LogP contribution in [0.3, 0.4) is 0 Å². The quantitative estimate of drug-likeness (QED) is 0.907. The second-order valence-corrected chi connectivity index (χ2v) is 5.13. The molecule has 110 valence electrons. The number of nitrogens with zero attached hydrogens (tertiary/aromatic N) is 2. The van der Waals surface area contributed by atoms with Gasteiger partial charge in [0.05, 0.1) is 19.8 Å². The predicted molar refractivity (Wildman–Crippen MR) is 79.6 cm³/mol. The van der Waals surface area contributed by atoms with Crippen LogP contribution in [-0.2, 0) is 19.4 Å². The molecule has 2 aromatic rings. The Bertz CT molecular complexity index is 583. The predicted octanol–water partition coefficient (Wildman–Crippen LogP) is 1.75. The summed E-state index contributed by atoms with van der Waals surface area (Å²) in [5.74, 6) is 1.12. The minimum atomic E-state index is 0.428. The Balaban J connectivity index is 1.69. The molecule has 0 saturated heterocycles. The van der Waals surface area contributed by atoms with Gasteiger partial charge in [-0.25, -0.2) is 9.97 Å². The number of methoxy groups -OCH3 is 2.